The standard InChI is InChI=1S/C20H33N/c1-4-5-8-13-20(16-21-15-17(2)3)14-9-11-18-10-6-7-12-19(18)20/h6-7,10,12,17,21H,4-5,8-9,11,13-16H2,1-3H3. The first-order chi connectivity index (χ1) is 10.2. The molecule has 1 aromatic rings. The van der Waals surface area contributed by atoms with Crippen LogP contribution in [0.4, 0.5) is 0 Å². The number of hydrogen-bond acceptors (Lipinski definition) is 1. The summed E-state index contributed by atoms with van der Waals surface area (Å²) in [5, 5.41) is 3.76. The van der Waals surface area contributed by atoms with E-state index >= 15 is 0 Å². The zero-order valence-corrected chi connectivity index (χ0v) is 14.3. The lowest BCUT2D eigenvalue weighted by Crippen LogP contribution is -2.42. The zero-order valence-electron chi connectivity index (χ0n) is 14.3. The van der Waals surface area contributed by atoms with Gasteiger partial charge in [0.1, 0.15) is 0 Å². The van der Waals surface area contributed by atoms with Gasteiger partial charge in [-0.05, 0) is 49.3 Å². The minimum absolute atomic E-state index is 0.388. The molecule has 0 aromatic heterocycles. The molecule has 1 aromatic carbocycles. The molecule has 1 unspecified atom stereocenters. The second-order valence-electron chi connectivity index (χ2n) is 7.27. The van der Waals surface area contributed by atoms with E-state index in [1.54, 1.807) is 11.1 Å². The van der Waals surface area contributed by atoms with E-state index in [2.05, 4.69) is 50.4 Å². The lowest BCUT2D eigenvalue weighted by atomic mass is 9.67. The van der Waals surface area contributed by atoms with Crippen molar-refractivity contribution < 1.29 is 0 Å². The van der Waals surface area contributed by atoms with Gasteiger partial charge < -0.3 is 5.32 Å². The van der Waals surface area contributed by atoms with Crippen LogP contribution in [0.1, 0.15) is 70.4 Å². The Hall–Kier alpha value is -0.820. The molecule has 0 heterocycles. The van der Waals surface area contributed by atoms with Crippen molar-refractivity contribution in [1.29, 1.82) is 0 Å². The third kappa shape index (κ3) is 4.32. The van der Waals surface area contributed by atoms with Gasteiger partial charge in [-0.15, -0.1) is 0 Å². The first-order valence-corrected chi connectivity index (χ1v) is 8.97. The van der Waals surface area contributed by atoms with E-state index in [1.165, 1.54) is 44.9 Å². The van der Waals surface area contributed by atoms with E-state index in [9.17, 15) is 0 Å². The summed E-state index contributed by atoms with van der Waals surface area (Å²) in [6, 6.07) is 9.20. The molecule has 1 atom stereocenters. The fraction of sp³-hybridized carbons (Fsp3) is 0.700. The van der Waals surface area contributed by atoms with Crippen LogP contribution < -0.4 is 5.32 Å². The Bertz CT molecular complexity index is 424. The number of nitrogens with one attached hydrogen (secondary N) is 1. The largest absolute Gasteiger partial charge is 0.316 e. The van der Waals surface area contributed by atoms with Gasteiger partial charge in [-0.25, -0.2) is 0 Å². The normalized spacial score (nSPS) is 21.5. The number of fused-ring (bicyclic) bond motifs is 1. The van der Waals surface area contributed by atoms with Crippen molar-refractivity contribution in [2.45, 2.75) is 71.1 Å². The summed E-state index contributed by atoms with van der Waals surface area (Å²) >= 11 is 0. The van der Waals surface area contributed by atoms with Crippen LogP contribution in [0.2, 0.25) is 0 Å². The second-order valence-corrected chi connectivity index (χ2v) is 7.27. The van der Waals surface area contributed by atoms with E-state index < -0.39 is 0 Å². The number of benzene rings is 1. The maximum atomic E-state index is 3.76. The van der Waals surface area contributed by atoms with Crippen molar-refractivity contribution in [2.75, 3.05) is 13.1 Å². The number of unbranched alkanes of at least 4 members (excludes halogenated alkanes) is 2. The summed E-state index contributed by atoms with van der Waals surface area (Å²) in [5.74, 6) is 0.733. The molecule has 0 saturated carbocycles. The van der Waals surface area contributed by atoms with Crippen LogP contribution in [0.15, 0.2) is 24.3 Å². The lowest BCUT2D eigenvalue weighted by Gasteiger charge is -2.40. The fourth-order valence-electron chi connectivity index (χ4n) is 3.85. The highest BCUT2D eigenvalue weighted by Crippen LogP contribution is 2.40. The smallest absolute Gasteiger partial charge is 0.00806 e. The summed E-state index contributed by atoms with van der Waals surface area (Å²) in [6.45, 7) is 9.19. The van der Waals surface area contributed by atoms with Gasteiger partial charge >= 0.3 is 0 Å². The maximum absolute atomic E-state index is 3.76. The SMILES string of the molecule is CCCCCC1(CNCC(C)C)CCCc2ccccc21. The van der Waals surface area contributed by atoms with Crippen molar-refractivity contribution in [2.24, 2.45) is 5.92 Å². The van der Waals surface area contributed by atoms with E-state index in [-0.39, 0.29) is 0 Å². The molecule has 1 N–H and O–H groups in total. The monoisotopic (exact) mass is 287 g/mol. The van der Waals surface area contributed by atoms with E-state index in [1.807, 2.05) is 0 Å². The van der Waals surface area contributed by atoms with E-state index in [0.717, 1.165) is 19.0 Å². The molecule has 21 heavy (non-hydrogen) atoms. The average molecular weight is 287 g/mol. The molecule has 0 radical (unpaired) electrons. The van der Waals surface area contributed by atoms with E-state index in [4.69, 9.17) is 0 Å². The maximum Gasteiger partial charge on any atom is 0.00806 e. The van der Waals surface area contributed by atoms with Crippen LogP contribution in [0.3, 0.4) is 0 Å². The van der Waals surface area contributed by atoms with Gasteiger partial charge in [0.2, 0.25) is 0 Å². The molecule has 1 heteroatoms. The lowest BCUT2D eigenvalue weighted by molar-refractivity contribution is 0.301. The van der Waals surface area contributed by atoms with Gasteiger partial charge in [0.15, 0.2) is 0 Å². The first kappa shape index (κ1) is 16.5. The van der Waals surface area contributed by atoms with Gasteiger partial charge in [-0.1, -0.05) is 64.3 Å². The third-order valence-corrected chi connectivity index (χ3v) is 4.97. The van der Waals surface area contributed by atoms with Crippen LogP contribution in [0, 0.1) is 5.92 Å². The second kappa shape index (κ2) is 7.98. The van der Waals surface area contributed by atoms with Gasteiger partial charge in [0.05, 0.1) is 0 Å². The Morgan fingerprint density at radius 2 is 2.00 bits per heavy atom. The van der Waals surface area contributed by atoms with Crippen molar-refractivity contribution in [3.8, 4) is 0 Å². The topological polar surface area (TPSA) is 12.0 Å². The zero-order chi connectivity index (χ0) is 15.1. The Morgan fingerprint density at radius 3 is 2.76 bits per heavy atom. The number of rotatable bonds is 8. The number of aryl methyl sites for hydroxylation is 1. The molecule has 1 nitrogen and oxygen atoms in total. The summed E-state index contributed by atoms with van der Waals surface area (Å²) in [4.78, 5) is 0. The summed E-state index contributed by atoms with van der Waals surface area (Å²) in [5.41, 5.74) is 3.63. The van der Waals surface area contributed by atoms with Crippen LogP contribution in [0.25, 0.3) is 0 Å². The fourth-order valence-corrected chi connectivity index (χ4v) is 3.85. The predicted octanol–water partition coefficient (Wildman–Crippen LogP) is 5.09. The molecule has 0 amide bonds. The van der Waals surface area contributed by atoms with Crippen LogP contribution in [0.5, 0.6) is 0 Å². The van der Waals surface area contributed by atoms with Crippen LogP contribution in [-0.4, -0.2) is 13.1 Å². The highest BCUT2D eigenvalue weighted by Gasteiger charge is 2.35. The summed E-state index contributed by atoms with van der Waals surface area (Å²) < 4.78 is 0. The van der Waals surface area contributed by atoms with Gasteiger partial charge in [-0.2, -0.15) is 0 Å². The molecule has 2 rings (SSSR count). The van der Waals surface area contributed by atoms with Gasteiger partial charge in [-0.3, -0.25) is 0 Å². The molecule has 1 aliphatic carbocycles. The van der Waals surface area contributed by atoms with Crippen molar-refractivity contribution in [3.05, 3.63) is 35.4 Å². The first-order valence-electron chi connectivity index (χ1n) is 8.97. The molecule has 118 valence electrons. The quantitative estimate of drug-likeness (QED) is 0.657. The Balaban J connectivity index is 2.15. The molecular weight excluding hydrogens is 254 g/mol. The summed E-state index contributed by atoms with van der Waals surface area (Å²) in [6.07, 6.45) is 9.39. The minimum Gasteiger partial charge on any atom is -0.316 e. The van der Waals surface area contributed by atoms with Gasteiger partial charge in [0.25, 0.3) is 0 Å². The molecule has 0 aliphatic heterocycles. The van der Waals surface area contributed by atoms with Crippen molar-refractivity contribution in [3.63, 3.8) is 0 Å². The Kier molecular flexibility index (Phi) is 6.29. The molecule has 0 bridgehead atoms. The molecular formula is C20H33N. The highest BCUT2D eigenvalue weighted by molar-refractivity contribution is 5.37. The Morgan fingerprint density at radius 1 is 1.19 bits per heavy atom. The molecule has 0 saturated heterocycles. The third-order valence-electron chi connectivity index (χ3n) is 4.97. The molecule has 1 aliphatic rings. The molecule has 0 spiro atoms. The number of hydrogen-bond donors (Lipinski definition) is 1. The van der Waals surface area contributed by atoms with Crippen molar-refractivity contribution >= 4 is 0 Å². The van der Waals surface area contributed by atoms with Gasteiger partial charge in [0, 0.05) is 12.0 Å². The Labute approximate surface area is 131 Å². The van der Waals surface area contributed by atoms with Crippen LogP contribution >= 0.6 is 0 Å². The predicted molar refractivity (Wildman–Crippen MR) is 92.9 cm³/mol. The van der Waals surface area contributed by atoms with Crippen LogP contribution in [-0.2, 0) is 11.8 Å². The average Bonchev–Trinajstić information content (AvgIpc) is 2.48. The summed E-state index contributed by atoms with van der Waals surface area (Å²) in [7, 11) is 0. The van der Waals surface area contributed by atoms with E-state index in [0.29, 0.717) is 5.41 Å². The molecule has 0 fully saturated rings. The highest BCUT2D eigenvalue weighted by atomic mass is 14.9. The van der Waals surface area contributed by atoms with Crippen molar-refractivity contribution in [1.82, 2.24) is 5.32 Å². The minimum atomic E-state index is 0.388.